The van der Waals surface area contributed by atoms with E-state index in [4.69, 9.17) is 33.8 Å². The Balaban J connectivity index is 0.000000244. The van der Waals surface area contributed by atoms with E-state index in [1.165, 1.54) is 125 Å². The summed E-state index contributed by atoms with van der Waals surface area (Å²) in [6.07, 6.45) is 43.7. The summed E-state index contributed by atoms with van der Waals surface area (Å²) in [7, 11) is 0. The Labute approximate surface area is 827 Å². The van der Waals surface area contributed by atoms with Crippen LogP contribution in [-0.4, -0.2) is 189 Å². The molecule has 0 aromatic heterocycles. The molecule has 0 bridgehead atoms. The van der Waals surface area contributed by atoms with E-state index in [2.05, 4.69) is 164 Å². The first kappa shape index (κ1) is 117. The number of nitrogens with zero attached hydrogens (tertiary/aromatic N) is 4. The number of allylic oxidation sites excluding steroid dienone is 12. The molecule has 0 radical (unpaired) electrons. The molecule has 1 aromatic carbocycles. The zero-order chi connectivity index (χ0) is 101. The van der Waals surface area contributed by atoms with Gasteiger partial charge in [-0.05, 0) is 319 Å². The summed E-state index contributed by atoms with van der Waals surface area (Å²) in [5.74, 6) is 6.73. The zero-order valence-electron chi connectivity index (χ0n) is 88.0. The van der Waals surface area contributed by atoms with Gasteiger partial charge in [0.25, 0.3) is 0 Å². The fourth-order valence-electron chi connectivity index (χ4n) is 26.0. The quantitative estimate of drug-likeness (QED) is 0.0109. The highest BCUT2D eigenvalue weighted by Gasteiger charge is 2.55. The number of oxime groups is 4. The van der Waals surface area contributed by atoms with Crippen molar-refractivity contribution in [3.05, 3.63) is 190 Å². The topological polar surface area (TPSA) is 307 Å². The maximum absolute atomic E-state index is 10.2. The summed E-state index contributed by atoms with van der Waals surface area (Å²) < 4.78 is 23.9. The summed E-state index contributed by atoms with van der Waals surface area (Å²) in [5.41, 5.74) is 18.0. The number of rotatable bonds is 31. The molecule has 0 amide bonds. The van der Waals surface area contributed by atoms with Gasteiger partial charge in [0.05, 0.1) is 92.4 Å². The molecule has 20 nitrogen and oxygen atoms in total. The third-order valence-electron chi connectivity index (χ3n) is 33.0. The molecule has 0 aliphatic heterocycles. The van der Waals surface area contributed by atoms with Crippen LogP contribution in [0, 0.1) is 92.7 Å². The van der Waals surface area contributed by atoms with Crippen LogP contribution < -0.4 is 0 Å². The Morgan fingerprint density at radius 1 is 0.394 bits per heavy atom. The number of aliphatic hydroxyl groups excluding tert-OH is 8. The minimum atomic E-state index is -0.644. The van der Waals surface area contributed by atoms with Gasteiger partial charge in [-0.1, -0.05) is 265 Å². The second kappa shape index (κ2) is 58.1. The molecule has 0 spiro atoms. The van der Waals surface area contributed by atoms with E-state index < -0.39 is 48.8 Å². The van der Waals surface area contributed by atoms with Gasteiger partial charge >= 0.3 is 0 Å². The van der Waals surface area contributed by atoms with Gasteiger partial charge in [0.2, 0.25) is 0 Å². The molecule has 10 N–H and O–H groups in total. The Kier molecular flexibility index (Phi) is 49.7. The molecule has 12 aliphatic carbocycles. The Morgan fingerprint density at radius 2 is 0.672 bits per heavy atom. The lowest BCUT2D eigenvalue weighted by Gasteiger charge is -2.44. The van der Waals surface area contributed by atoms with Crippen LogP contribution in [0.15, 0.2) is 205 Å². The van der Waals surface area contributed by atoms with Gasteiger partial charge in [-0.25, -0.2) is 0 Å². The van der Waals surface area contributed by atoms with E-state index in [1.54, 1.807) is 13.0 Å². The first-order valence-electron chi connectivity index (χ1n) is 53.1. The second-order valence-corrected chi connectivity index (χ2v) is 42.4. The minimum Gasteiger partial charge on any atom is -0.411 e. The maximum Gasteiger partial charge on any atom is 0.135 e. The van der Waals surface area contributed by atoms with Crippen molar-refractivity contribution in [2.45, 2.75) is 360 Å². The summed E-state index contributed by atoms with van der Waals surface area (Å²) in [6.45, 7) is 64.3. The van der Waals surface area contributed by atoms with Gasteiger partial charge in [0.1, 0.15) is 18.9 Å². The molecular weight excluding hydrogens is 1720 g/mol. The van der Waals surface area contributed by atoms with Crippen molar-refractivity contribution in [1.29, 1.82) is 0 Å². The summed E-state index contributed by atoms with van der Waals surface area (Å²) in [4.78, 5) is 10.4. The lowest BCUT2D eigenvalue weighted by molar-refractivity contribution is 0.0446. The van der Waals surface area contributed by atoms with E-state index in [0.717, 1.165) is 107 Å². The van der Waals surface area contributed by atoms with Gasteiger partial charge < -0.3 is 79.9 Å². The molecule has 137 heavy (non-hydrogen) atoms. The van der Waals surface area contributed by atoms with E-state index in [-0.39, 0.29) is 10.8 Å². The van der Waals surface area contributed by atoms with Crippen LogP contribution in [0.3, 0.4) is 0 Å². The van der Waals surface area contributed by atoms with E-state index >= 15 is 0 Å². The van der Waals surface area contributed by atoms with E-state index in [1.807, 2.05) is 85.7 Å². The van der Waals surface area contributed by atoms with Crippen molar-refractivity contribution in [2.75, 3.05) is 66.1 Å². The molecule has 20 heteroatoms. The highest BCUT2D eigenvalue weighted by Crippen LogP contribution is 2.64. The molecule has 1 aromatic rings. The third kappa shape index (κ3) is 32.1. The van der Waals surface area contributed by atoms with Gasteiger partial charge in [-0.2, -0.15) is 0 Å². The van der Waals surface area contributed by atoms with Crippen LogP contribution in [0.5, 0.6) is 0 Å². The first-order valence-corrected chi connectivity index (χ1v) is 53.1. The molecule has 0 heterocycles. The normalized spacial score (nSPS) is 35.0. The molecule has 0 unspecified atom stereocenters. The van der Waals surface area contributed by atoms with Crippen molar-refractivity contribution in [3.63, 3.8) is 0 Å². The molecule has 12 fully saturated rings. The smallest absolute Gasteiger partial charge is 0.135 e. The van der Waals surface area contributed by atoms with Crippen LogP contribution in [-0.2, 0) is 28.6 Å². The Morgan fingerprint density at radius 3 is 0.942 bits per heavy atom. The predicted molar refractivity (Wildman–Crippen MR) is 561 cm³/mol. The number of hydrogen-bond acceptors (Lipinski definition) is 20. The maximum atomic E-state index is 10.2. The standard InChI is InChI=1S/C30H41NO4.C28H45NO4.C28H43NO4.C25H39NO4.3C2H6/c1-20(18-35-19-28(31-34)23-8-5-4-6-9-23)26-13-14-27-22(10-7-15-30(26,27)3)11-12-24-16-25(32)17-29(33)21(24)2;2*1-6-14-33-29-20(3)18-32-17-19(2)25-11-12-26-22(8-7-13-28(25,26)5)9-10-23-15-24(30)16-27(31)21(23)4;1-16(14-30-15-17(2)26-29)22-9-10-23-19(6-5-11-25(22,23)4)7-8-20-12-21(27)13-24(28)18(20)3;3*1-2/h4-6,8-9,11-12,20,25-27,29,32-34H,2,7,10,13-19H2,1,3H3;9-10,19,24-27,30-31H,4,6-8,11-18H2,1-3,5H3;6,9-10,19,24-27,30-31H,1,4,7-8,11-18H2,2-3,5H3;7-8,16,21-24,27-29H,3,5-6,9-15H2,1-2,4H3;3*1-2H3/b22-11+,24-12-,31-28+;2*22-9+,23-10-,29-20-;19-7+,20-8-,26-17-;;;/t20-,25-,26-,27+,29+,30-;2*19-,24-,25-,26+,27+,28-;16-,21-,22-,23+,24+,25-;;;/m1111.../s1. The molecular formula is C117H186N4O16. The molecule has 13 rings (SSSR count). The van der Waals surface area contributed by atoms with Crippen molar-refractivity contribution >= 4 is 22.8 Å². The van der Waals surface area contributed by atoms with Crippen molar-refractivity contribution in [2.24, 2.45) is 113 Å². The highest BCUT2D eigenvalue weighted by molar-refractivity contribution is 6.01. The summed E-state index contributed by atoms with van der Waals surface area (Å²) in [5, 5.41) is 114. The first-order chi connectivity index (χ1) is 65.6. The van der Waals surface area contributed by atoms with Gasteiger partial charge in [0, 0.05) is 57.7 Å². The SMILES string of the molecule is C=C1/C(=C\C=C2/CCC[C@]3(C)[C@@H]([C@H](C)COC/C(=N\O)c4ccccc4)CC[C@@H]23)C[C@@H](O)C[C@@H]1O.C=C1/C(=C\C=C2/CCC[C@]3(C)[C@@H]([C@H](C)COC/C(C)=N\O)CC[C@@H]23)C[C@@H](O)C[C@@H]1O.C=C1/C(=C\C=C2/CCC[C@]3(C)[C@@H]([C@H](C)COC/C(C)=N\OCCC)CC[C@@H]23)C[C@@H](O)C[C@@H]1O.C=CCO/N=C(/C)COC[C@@H](C)[C@H]1CC[C@H]2/C(=C/C=C3/C[C@@H](O)C[C@H](O)C3=C)CCC[C@]12C.CC.CC.CC. The second-order valence-electron chi connectivity index (χ2n) is 42.4. The van der Waals surface area contributed by atoms with Gasteiger partial charge in [0.15, 0.2) is 0 Å². The van der Waals surface area contributed by atoms with E-state index in [0.29, 0.717) is 197 Å². The number of hydrogen-bond donors (Lipinski definition) is 10. The third-order valence-corrected chi connectivity index (χ3v) is 33.0. The molecule has 770 valence electrons. The van der Waals surface area contributed by atoms with Crippen LogP contribution in [0.1, 0.15) is 316 Å². The van der Waals surface area contributed by atoms with Gasteiger partial charge in [-0.3, -0.25) is 0 Å². The highest BCUT2D eigenvalue weighted by atomic mass is 16.6. The van der Waals surface area contributed by atoms with Crippen LogP contribution >= 0.6 is 0 Å². The minimum absolute atomic E-state index is 0.251. The monoisotopic (exact) mass is 1900 g/mol. The lowest BCUT2D eigenvalue weighted by Crippen LogP contribution is -2.37. The average Bonchev–Trinajstić information content (AvgIpc) is 1.63. The van der Waals surface area contributed by atoms with Crippen molar-refractivity contribution < 1.29 is 79.9 Å². The molecule has 0 saturated heterocycles. The Bertz CT molecular complexity index is 4350. The van der Waals surface area contributed by atoms with Crippen LogP contribution in [0.4, 0.5) is 0 Å². The summed E-state index contributed by atoms with van der Waals surface area (Å²) >= 11 is 0. The van der Waals surface area contributed by atoms with Gasteiger partial charge in [-0.15, -0.1) is 0 Å². The van der Waals surface area contributed by atoms with Crippen LogP contribution in [0.25, 0.3) is 0 Å². The predicted octanol–water partition coefficient (Wildman–Crippen LogP) is 24.3. The average molecular weight is 1900 g/mol. The summed E-state index contributed by atoms with van der Waals surface area (Å²) in [6, 6.07) is 9.67. The van der Waals surface area contributed by atoms with Crippen molar-refractivity contribution in [3.8, 4) is 0 Å². The lowest BCUT2D eigenvalue weighted by atomic mass is 9.61. The number of benzene rings is 1. The Hall–Kier alpha value is -6.76. The fourth-order valence-corrected chi connectivity index (χ4v) is 26.0. The molecule has 24 atom stereocenters. The largest absolute Gasteiger partial charge is 0.411 e. The molecule has 12 saturated carbocycles. The fraction of sp³-hybridized carbons (Fsp3) is 0.692. The number of fused-ring (bicyclic) bond motifs is 4. The number of aliphatic hydroxyl groups is 8. The van der Waals surface area contributed by atoms with E-state index in [9.17, 15) is 46.1 Å². The van der Waals surface area contributed by atoms with Crippen LogP contribution in [0.2, 0.25) is 0 Å². The molecule has 12 aliphatic rings. The zero-order valence-corrected chi connectivity index (χ0v) is 88.0. The number of ether oxygens (including phenoxy) is 4. The van der Waals surface area contributed by atoms with Crippen molar-refractivity contribution in [1.82, 2.24) is 0 Å².